The number of fused-ring (bicyclic) bond motifs is 1. The van der Waals surface area contributed by atoms with Gasteiger partial charge in [-0.05, 0) is 12.1 Å². The maximum absolute atomic E-state index is 11.0. The molecule has 1 aromatic carbocycles. The molecule has 0 atom stereocenters. The molecule has 1 heterocycles. The minimum Gasteiger partial charge on any atom is -0.780 e. The van der Waals surface area contributed by atoms with Crippen molar-refractivity contribution in [2.75, 3.05) is 0 Å². The number of rotatable bonds is 0. The van der Waals surface area contributed by atoms with Gasteiger partial charge in [-0.3, -0.25) is 4.57 Å². The summed E-state index contributed by atoms with van der Waals surface area (Å²) in [6, 6.07) is 5.22. The molecule has 0 unspecified atom stereocenters. The van der Waals surface area contributed by atoms with Crippen LogP contribution in [-0.4, -0.2) is 4.57 Å². The van der Waals surface area contributed by atoms with Gasteiger partial charge in [0.05, 0.1) is 5.52 Å². The van der Waals surface area contributed by atoms with Gasteiger partial charge in [-0.15, -0.1) is 0 Å². The van der Waals surface area contributed by atoms with E-state index in [0.717, 1.165) is 5.52 Å². The number of aryl methyl sites for hydroxylation is 1. The summed E-state index contributed by atoms with van der Waals surface area (Å²) in [5.74, 6) is -0.356. The van der Waals surface area contributed by atoms with E-state index in [1.165, 1.54) is 4.57 Å². The van der Waals surface area contributed by atoms with Gasteiger partial charge in [0.1, 0.15) is 0 Å². The molecule has 0 aliphatic rings. The third-order valence-electron chi connectivity index (χ3n) is 1.76. The molecule has 0 aliphatic carbocycles. The van der Waals surface area contributed by atoms with E-state index in [9.17, 15) is 4.79 Å². The Morgan fingerprint density at radius 3 is 2.53 bits per heavy atom. The fourth-order valence-corrected chi connectivity index (χ4v) is 1.29. The SMILES string of the molecule is CC.Cn1c(=O)oc2cc([S-])ccc21.[K+]. The van der Waals surface area contributed by atoms with Crippen LogP contribution in [0.2, 0.25) is 0 Å². The second-order valence-corrected chi connectivity index (χ2v) is 3.03. The van der Waals surface area contributed by atoms with Gasteiger partial charge in [0, 0.05) is 7.05 Å². The first-order chi connectivity index (χ1) is 6.68. The van der Waals surface area contributed by atoms with Crippen LogP contribution in [0.15, 0.2) is 32.3 Å². The van der Waals surface area contributed by atoms with Gasteiger partial charge in [-0.1, -0.05) is 19.9 Å². The van der Waals surface area contributed by atoms with Crippen LogP contribution in [0.3, 0.4) is 0 Å². The zero-order valence-corrected chi connectivity index (χ0v) is 13.3. The quantitative estimate of drug-likeness (QED) is 0.447. The molecule has 0 fully saturated rings. The second-order valence-electron chi connectivity index (χ2n) is 2.56. The molecule has 0 radical (unpaired) electrons. The summed E-state index contributed by atoms with van der Waals surface area (Å²) in [4.78, 5) is 11.7. The van der Waals surface area contributed by atoms with Crippen LogP contribution >= 0.6 is 0 Å². The Morgan fingerprint density at radius 2 is 1.93 bits per heavy atom. The standard InChI is InChI=1S/C8H7NO2S.C2H6.K/c1-9-6-3-2-5(12)4-7(6)11-8(9)10;1-2;/h2-4,12H,1H3;1-2H3;/q;;+1/p-1. The van der Waals surface area contributed by atoms with E-state index in [4.69, 9.17) is 17.0 Å². The molecule has 5 heteroatoms. The maximum atomic E-state index is 11.0. The Bertz CT molecular complexity index is 490. The van der Waals surface area contributed by atoms with Gasteiger partial charge >= 0.3 is 57.1 Å². The zero-order chi connectivity index (χ0) is 10.7. The largest absolute Gasteiger partial charge is 1.00 e. The van der Waals surface area contributed by atoms with Crippen molar-refractivity contribution in [3.63, 3.8) is 0 Å². The normalized spacial score (nSPS) is 9.00. The van der Waals surface area contributed by atoms with Crippen LogP contribution < -0.4 is 57.1 Å². The van der Waals surface area contributed by atoms with Crippen molar-refractivity contribution in [3.05, 3.63) is 28.7 Å². The minimum atomic E-state index is -0.356. The van der Waals surface area contributed by atoms with E-state index in [1.807, 2.05) is 13.8 Å². The molecule has 0 aliphatic heterocycles. The minimum absolute atomic E-state index is 0. The topological polar surface area (TPSA) is 35.1 Å². The van der Waals surface area contributed by atoms with Crippen molar-refractivity contribution in [2.24, 2.45) is 7.05 Å². The molecule has 3 nitrogen and oxygen atoms in total. The van der Waals surface area contributed by atoms with Crippen molar-refractivity contribution >= 4 is 23.7 Å². The van der Waals surface area contributed by atoms with Gasteiger partial charge in [0.15, 0.2) is 5.58 Å². The molecular weight excluding hydrogens is 237 g/mol. The van der Waals surface area contributed by atoms with Crippen LogP contribution in [-0.2, 0) is 19.7 Å². The molecular formula is C10H12KNO2S. The molecule has 0 saturated carbocycles. The fraction of sp³-hybridized carbons (Fsp3) is 0.300. The number of aromatic nitrogens is 1. The summed E-state index contributed by atoms with van der Waals surface area (Å²) in [6.45, 7) is 4.00. The Balaban J connectivity index is 0.000000617. The van der Waals surface area contributed by atoms with Crippen molar-refractivity contribution in [1.82, 2.24) is 4.57 Å². The molecule has 2 rings (SSSR count). The third-order valence-corrected chi connectivity index (χ3v) is 2.02. The van der Waals surface area contributed by atoms with E-state index in [1.54, 1.807) is 25.2 Å². The molecule has 1 aromatic heterocycles. The average molecular weight is 249 g/mol. The van der Waals surface area contributed by atoms with Crippen molar-refractivity contribution in [2.45, 2.75) is 18.7 Å². The summed E-state index contributed by atoms with van der Waals surface area (Å²) >= 11 is 4.92. The monoisotopic (exact) mass is 249 g/mol. The van der Waals surface area contributed by atoms with E-state index < -0.39 is 0 Å². The number of hydrogen-bond acceptors (Lipinski definition) is 3. The van der Waals surface area contributed by atoms with Gasteiger partial charge in [-0.25, -0.2) is 4.79 Å². The average Bonchev–Trinajstić information content (AvgIpc) is 2.45. The molecule has 0 spiro atoms. The Morgan fingerprint density at radius 1 is 1.33 bits per heavy atom. The predicted octanol–water partition coefficient (Wildman–Crippen LogP) is -0.932. The van der Waals surface area contributed by atoms with Crippen molar-refractivity contribution < 1.29 is 55.8 Å². The summed E-state index contributed by atoms with van der Waals surface area (Å²) in [6.07, 6.45) is 0. The maximum Gasteiger partial charge on any atom is 1.00 e. The van der Waals surface area contributed by atoms with E-state index in [-0.39, 0.29) is 57.1 Å². The number of hydrogen-bond donors (Lipinski definition) is 0. The van der Waals surface area contributed by atoms with E-state index in [0.29, 0.717) is 10.5 Å². The molecule has 0 saturated heterocycles. The molecule has 0 amide bonds. The van der Waals surface area contributed by atoms with Crippen molar-refractivity contribution in [1.29, 1.82) is 0 Å². The second kappa shape index (κ2) is 6.83. The first kappa shape index (κ1) is 15.3. The van der Waals surface area contributed by atoms with Gasteiger partial charge in [0.25, 0.3) is 0 Å². The predicted molar refractivity (Wildman–Crippen MR) is 58.4 cm³/mol. The van der Waals surface area contributed by atoms with Crippen LogP contribution in [0.4, 0.5) is 0 Å². The van der Waals surface area contributed by atoms with E-state index in [2.05, 4.69) is 0 Å². The van der Waals surface area contributed by atoms with Gasteiger partial charge < -0.3 is 17.0 Å². The zero-order valence-electron chi connectivity index (χ0n) is 9.40. The summed E-state index contributed by atoms with van der Waals surface area (Å²) in [5.41, 5.74) is 1.32. The Kier molecular flexibility index (Phi) is 6.99. The molecule has 0 N–H and O–H groups in total. The van der Waals surface area contributed by atoms with Crippen LogP contribution in [0.1, 0.15) is 13.8 Å². The smallest absolute Gasteiger partial charge is 0.780 e. The van der Waals surface area contributed by atoms with Gasteiger partial charge in [-0.2, -0.15) is 4.90 Å². The molecule has 15 heavy (non-hydrogen) atoms. The molecule has 0 bridgehead atoms. The van der Waals surface area contributed by atoms with Crippen LogP contribution in [0, 0.1) is 0 Å². The fourth-order valence-electron chi connectivity index (χ4n) is 1.11. The van der Waals surface area contributed by atoms with E-state index >= 15 is 0 Å². The van der Waals surface area contributed by atoms with Crippen molar-refractivity contribution in [3.8, 4) is 0 Å². The van der Waals surface area contributed by atoms with Crippen LogP contribution in [0.5, 0.6) is 0 Å². The first-order valence-electron chi connectivity index (χ1n) is 4.45. The summed E-state index contributed by atoms with van der Waals surface area (Å²) < 4.78 is 6.37. The number of benzene rings is 1. The summed E-state index contributed by atoms with van der Waals surface area (Å²) in [7, 11) is 1.66. The third kappa shape index (κ3) is 3.40. The Hall–Kier alpha value is 0.346. The number of nitrogens with zero attached hydrogens (tertiary/aromatic N) is 1. The number of oxazole rings is 1. The Labute approximate surface area is 137 Å². The first-order valence-corrected chi connectivity index (χ1v) is 4.86. The summed E-state index contributed by atoms with van der Waals surface area (Å²) in [5, 5.41) is 0. The van der Waals surface area contributed by atoms with Crippen LogP contribution in [0.25, 0.3) is 11.1 Å². The molecule has 76 valence electrons. The van der Waals surface area contributed by atoms with Gasteiger partial charge in [0.2, 0.25) is 0 Å². The molecule has 2 aromatic rings.